The molecule has 0 atom stereocenters. The zero-order valence-electron chi connectivity index (χ0n) is 20.7. The lowest BCUT2D eigenvalue weighted by atomic mass is 9.91. The van der Waals surface area contributed by atoms with Gasteiger partial charge in [-0.25, -0.2) is 0 Å². The number of nitrogens with zero attached hydrogens (tertiary/aromatic N) is 2. The van der Waals surface area contributed by atoms with Crippen molar-refractivity contribution in [3.8, 4) is 0 Å². The Bertz CT molecular complexity index is 734. The van der Waals surface area contributed by atoms with Crippen LogP contribution in [0.2, 0.25) is 0 Å². The van der Waals surface area contributed by atoms with E-state index in [1.54, 1.807) is 0 Å². The van der Waals surface area contributed by atoms with E-state index >= 15 is 0 Å². The van der Waals surface area contributed by atoms with Gasteiger partial charge in [0.1, 0.15) is 11.0 Å². The Morgan fingerprint density at radius 1 is 0.581 bits per heavy atom. The van der Waals surface area contributed by atoms with Crippen LogP contribution in [0.25, 0.3) is 11.0 Å². The van der Waals surface area contributed by atoms with Crippen molar-refractivity contribution in [1.29, 1.82) is 0 Å². The molecule has 2 rings (SSSR count). The quantitative estimate of drug-likeness (QED) is 0.186. The summed E-state index contributed by atoms with van der Waals surface area (Å²) in [5, 5.41) is 11.8. The maximum absolute atomic E-state index is 6.62. The molecule has 176 valence electrons. The van der Waals surface area contributed by atoms with Crippen LogP contribution in [-0.2, 0) is 12.8 Å². The highest BCUT2D eigenvalue weighted by Gasteiger charge is 2.18. The highest BCUT2D eigenvalue weighted by atomic mass is 15.3. The predicted octanol–water partition coefficient (Wildman–Crippen LogP) is 8.21. The van der Waals surface area contributed by atoms with Gasteiger partial charge in [-0.15, -0.1) is 0 Å². The Morgan fingerprint density at radius 2 is 1.00 bits per heavy atom. The predicted molar refractivity (Wildman–Crippen MR) is 136 cm³/mol. The van der Waals surface area contributed by atoms with Crippen molar-refractivity contribution in [2.45, 2.75) is 136 Å². The van der Waals surface area contributed by atoms with Gasteiger partial charge >= 0.3 is 0 Å². The van der Waals surface area contributed by atoms with E-state index < -0.39 is 0 Å². The molecule has 0 spiro atoms. The molecule has 0 fully saturated rings. The van der Waals surface area contributed by atoms with Crippen LogP contribution in [0.5, 0.6) is 0 Å². The molecule has 4 heteroatoms. The zero-order valence-corrected chi connectivity index (χ0v) is 20.7. The van der Waals surface area contributed by atoms with E-state index in [1.807, 2.05) is 0 Å². The number of benzene rings is 1. The lowest BCUT2D eigenvalue weighted by Gasteiger charge is -2.16. The standard InChI is InChI=1S/C27H48N4/c1-4-6-8-10-12-14-16-18-20-23-24(21-19-17-15-13-11-9-7-5-2)27-26(29-31-30-27)22(3)25(23)28/h4-21,28H2,1-3H3,(H,29,30,31). The Labute approximate surface area is 191 Å². The van der Waals surface area contributed by atoms with Crippen LogP contribution < -0.4 is 5.73 Å². The van der Waals surface area contributed by atoms with Crippen LogP contribution in [0, 0.1) is 6.92 Å². The van der Waals surface area contributed by atoms with E-state index in [-0.39, 0.29) is 0 Å². The molecule has 0 amide bonds. The summed E-state index contributed by atoms with van der Waals surface area (Å²) in [5.74, 6) is 0. The van der Waals surface area contributed by atoms with Crippen LogP contribution in [0.3, 0.4) is 0 Å². The van der Waals surface area contributed by atoms with E-state index in [2.05, 4.69) is 36.2 Å². The van der Waals surface area contributed by atoms with Gasteiger partial charge in [0.25, 0.3) is 0 Å². The van der Waals surface area contributed by atoms with Gasteiger partial charge in [0.05, 0.1) is 0 Å². The van der Waals surface area contributed by atoms with Gasteiger partial charge in [-0.3, -0.25) is 0 Å². The van der Waals surface area contributed by atoms with Crippen LogP contribution in [-0.4, -0.2) is 15.4 Å². The molecule has 0 saturated heterocycles. The lowest BCUT2D eigenvalue weighted by Crippen LogP contribution is -2.05. The van der Waals surface area contributed by atoms with Gasteiger partial charge in [-0.2, -0.15) is 15.4 Å². The van der Waals surface area contributed by atoms with Crippen molar-refractivity contribution in [3.05, 3.63) is 16.7 Å². The second kappa shape index (κ2) is 15.3. The molecule has 1 aromatic heterocycles. The SMILES string of the molecule is CCCCCCCCCCc1c(N)c(C)c2n[nH]nc2c1CCCCCCCCCC. The molecular weight excluding hydrogens is 380 g/mol. The number of nitrogen functional groups attached to an aromatic ring is 1. The molecular formula is C27H48N4. The Balaban J connectivity index is 1.89. The van der Waals surface area contributed by atoms with E-state index in [9.17, 15) is 0 Å². The minimum atomic E-state index is 0.957. The first-order chi connectivity index (χ1) is 15.2. The number of hydrogen-bond acceptors (Lipinski definition) is 3. The first-order valence-electron chi connectivity index (χ1n) is 13.3. The molecule has 0 aliphatic heterocycles. The summed E-state index contributed by atoms with van der Waals surface area (Å²) in [6.45, 7) is 6.66. The lowest BCUT2D eigenvalue weighted by molar-refractivity contribution is 0.571. The number of nitrogens with two attached hydrogens (primary N) is 1. The molecule has 0 aliphatic rings. The minimum Gasteiger partial charge on any atom is -0.398 e. The number of hydrogen-bond donors (Lipinski definition) is 2. The highest BCUT2D eigenvalue weighted by molar-refractivity contribution is 5.88. The smallest absolute Gasteiger partial charge is 0.118 e. The summed E-state index contributed by atoms with van der Waals surface area (Å²) in [6.07, 6.45) is 23.7. The van der Waals surface area contributed by atoms with Gasteiger partial charge in [-0.1, -0.05) is 104 Å². The maximum Gasteiger partial charge on any atom is 0.118 e. The number of rotatable bonds is 18. The number of unbranched alkanes of at least 4 members (excludes halogenated alkanes) is 14. The van der Waals surface area contributed by atoms with Crippen LogP contribution in [0.4, 0.5) is 5.69 Å². The number of H-pyrrole nitrogens is 1. The van der Waals surface area contributed by atoms with Crippen molar-refractivity contribution in [3.63, 3.8) is 0 Å². The Kier molecular flexibility index (Phi) is 12.6. The third-order valence-corrected chi connectivity index (χ3v) is 6.84. The van der Waals surface area contributed by atoms with Crippen molar-refractivity contribution >= 4 is 16.7 Å². The molecule has 31 heavy (non-hydrogen) atoms. The third kappa shape index (κ3) is 8.46. The molecule has 0 aliphatic carbocycles. The number of fused-ring (bicyclic) bond motifs is 1. The fraction of sp³-hybridized carbons (Fsp3) is 0.778. The monoisotopic (exact) mass is 428 g/mol. The van der Waals surface area contributed by atoms with Crippen LogP contribution in [0.15, 0.2) is 0 Å². The van der Waals surface area contributed by atoms with Crippen molar-refractivity contribution < 1.29 is 0 Å². The Hall–Kier alpha value is -1.58. The molecule has 4 nitrogen and oxygen atoms in total. The zero-order chi connectivity index (χ0) is 22.3. The molecule has 0 unspecified atom stereocenters. The maximum atomic E-state index is 6.62. The van der Waals surface area contributed by atoms with E-state index in [1.165, 1.54) is 114 Å². The topological polar surface area (TPSA) is 67.6 Å². The summed E-state index contributed by atoms with van der Waals surface area (Å²) < 4.78 is 0. The Morgan fingerprint density at radius 3 is 1.52 bits per heavy atom. The summed E-state index contributed by atoms with van der Waals surface area (Å²) >= 11 is 0. The second-order valence-electron chi connectivity index (χ2n) is 9.47. The second-order valence-corrected chi connectivity index (χ2v) is 9.47. The molecule has 1 aromatic carbocycles. The molecule has 0 bridgehead atoms. The van der Waals surface area contributed by atoms with E-state index in [0.29, 0.717) is 0 Å². The summed E-state index contributed by atoms with van der Waals surface area (Å²) in [7, 11) is 0. The van der Waals surface area contributed by atoms with E-state index in [4.69, 9.17) is 5.73 Å². The fourth-order valence-electron chi connectivity index (χ4n) is 4.79. The number of nitrogens with one attached hydrogen (secondary N) is 1. The largest absolute Gasteiger partial charge is 0.398 e. The third-order valence-electron chi connectivity index (χ3n) is 6.84. The first-order valence-corrected chi connectivity index (χ1v) is 13.3. The summed E-state index contributed by atoms with van der Waals surface area (Å²) in [4.78, 5) is 0. The van der Waals surface area contributed by atoms with Crippen LogP contribution >= 0.6 is 0 Å². The number of aryl methyl sites for hydroxylation is 2. The van der Waals surface area contributed by atoms with Crippen LogP contribution in [0.1, 0.15) is 133 Å². The van der Waals surface area contributed by atoms with Crippen molar-refractivity contribution in [1.82, 2.24) is 15.4 Å². The number of anilines is 1. The average Bonchev–Trinajstić information content (AvgIpc) is 3.26. The average molecular weight is 429 g/mol. The number of aromatic nitrogens is 3. The van der Waals surface area contributed by atoms with E-state index in [0.717, 1.165) is 35.1 Å². The molecule has 2 aromatic rings. The van der Waals surface area contributed by atoms with Gasteiger partial charge in [-0.05, 0) is 43.7 Å². The molecule has 1 heterocycles. The van der Waals surface area contributed by atoms with Crippen molar-refractivity contribution in [2.75, 3.05) is 5.73 Å². The summed E-state index contributed by atoms with van der Waals surface area (Å²) in [5.41, 5.74) is 13.4. The molecule has 3 N–H and O–H groups in total. The highest BCUT2D eigenvalue weighted by Crippen LogP contribution is 2.32. The normalized spacial score (nSPS) is 11.6. The first kappa shape index (κ1) is 25.7. The van der Waals surface area contributed by atoms with Gasteiger partial charge < -0.3 is 5.73 Å². The molecule has 0 radical (unpaired) electrons. The minimum absolute atomic E-state index is 0.957. The van der Waals surface area contributed by atoms with Gasteiger partial charge in [0.15, 0.2) is 0 Å². The van der Waals surface area contributed by atoms with Gasteiger partial charge in [0, 0.05) is 11.3 Å². The number of aromatic amines is 1. The van der Waals surface area contributed by atoms with Gasteiger partial charge in [0.2, 0.25) is 0 Å². The summed E-state index contributed by atoms with van der Waals surface area (Å²) in [6, 6.07) is 0. The molecule has 0 saturated carbocycles. The fourth-order valence-corrected chi connectivity index (χ4v) is 4.79. The van der Waals surface area contributed by atoms with Crippen molar-refractivity contribution in [2.24, 2.45) is 0 Å².